The monoisotopic (exact) mass is 296 g/mol. The van der Waals surface area contributed by atoms with Gasteiger partial charge in [0.05, 0.1) is 5.41 Å². The predicted octanol–water partition coefficient (Wildman–Crippen LogP) is 3.03. The number of anilines is 1. The van der Waals surface area contributed by atoms with Crippen molar-refractivity contribution in [2.24, 2.45) is 5.41 Å². The molecule has 1 rings (SSSR count). The fourth-order valence-electron chi connectivity index (χ4n) is 1.50. The van der Waals surface area contributed by atoms with Crippen molar-refractivity contribution in [3.63, 3.8) is 0 Å². The van der Waals surface area contributed by atoms with Crippen LogP contribution in [0.3, 0.4) is 0 Å². The average Bonchev–Trinajstić information content (AvgIpc) is 2.44. The zero-order valence-corrected chi connectivity index (χ0v) is 12.7. The summed E-state index contributed by atoms with van der Waals surface area (Å²) in [4.78, 5) is 24.0. The maximum atomic E-state index is 11.8. The quantitative estimate of drug-likeness (QED) is 0.705. The summed E-state index contributed by atoms with van der Waals surface area (Å²) in [6.07, 6.45) is 2.41. The summed E-state index contributed by atoms with van der Waals surface area (Å²) < 4.78 is 0. The van der Waals surface area contributed by atoms with Crippen LogP contribution in [0.1, 0.15) is 20.3 Å². The minimum absolute atomic E-state index is 0.0902. The highest BCUT2D eigenvalue weighted by atomic mass is 32.2. The van der Waals surface area contributed by atoms with E-state index in [9.17, 15) is 9.59 Å². The van der Waals surface area contributed by atoms with Crippen LogP contribution in [0.5, 0.6) is 0 Å². The Bertz CT molecular complexity index is 493. The molecule has 0 saturated carbocycles. The van der Waals surface area contributed by atoms with E-state index in [2.05, 4.69) is 10.6 Å². The van der Waals surface area contributed by atoms with Crippen molar-refractivity contribution in [3.05, 3.63) is 24.3 Å². The molecule has 0 aliphatic carbocycles. The molecule has 5 nitrogen and oxygen atoms in total. The lowest BCUT2D eigenvalue weighted by molar-refractivity contribution is -0.147. The molecule has 0 aliphatic rings. The summed E-state index contributed by atoms with van der Waals surface area (Å²) in [5.41, 5.74) is -0.263. The molecule has 3 N–H and O–H groups in total. The number of urea groups is 1. The lowest BCUT2D eigenvalue weighted by atomic mass is 9.88. The van der Waals surface area contributed by atoms with Gasteiger partial charge in [0.15, 0.2) is 0 Å². The SMILES string of the molecule is CCC(C)(CNC(=O)Nc1cccc(SC)c1)C(=O)O. The number of carboxylic acid groups (broad SMARTS) is 1. The van der Waals surface area contributed by atoms with Crippen LogP contribution in [0, 0.1) is 5.41 Å². The van der Waals surface area contributed by atoms with Crippen molar-refractivity contribution in [2.75, 3.05) is 18.1 Å². The van der Waals surface area contributed by atoms with Crippen molar-refractivity contribution in [1.82, 2.24) is 5.32 Å². The number of nitrogens with one attached hydrogen (secondary N) is 2. The minimum Gasteiger partial charge on any atom is -0.481 e. The largest absolute Gasteiger partial charge is 0.481 e. The van der Waals surface area contributed by atoms with Crippen molar-refractivity contribution in [3.8, 4) is 0 Å². The summed E-state index contributed by atoms with van der Waals surface area (Å²) in [5, 5.41) is 14.4. The van der Waals surface area contributed by atoms with Crippen LogP contribution < -0.4 is 10.6 Å². The van der Waals surface area contributed by atoms with Crippen molar-refractivity contribution in [2.45, 2.75) is 25.2 Å². The molecule has 6 heteroatoms. The van der Waals surface area contributed by atoms with Gasteiger partial charge in [-0.2, -0.15) is 0 Å². The molecule has 1 aromatic carbocycles. The van der Waals surface area contributed by atoms with Gasteiger partial charge in [0.2, 0.25) is 0 Å². The van der Waals surface area contributed by atoms with Crippen LogP contribution in [-0.4, -0.2) is 29.9 Å². The fourth-order valence-corrected chi connectivity index (χ4v) is 1.96. The Morgan fingerprint density at radius 2 is 2.10 bits per heavy atom. The number of hydrogen-bond acceptors (Lipinski definition) is 3. The molecule has 0 radical (unpaired) electrons. The van der Waals surface area contributed by atoms with Gasteiger partial charge in [0.25, 0.3) is 0 Å². The van der Waals surface area contributed by atoms with Gasteiger partial charge in [-0.3, -0.25) is 4.79 Å². The highest BCUT2D eigenvalue weighted by Crippen LogP contribution is 2.21. The smallest absolute Gasteiger partial charge is 0.319 e. The molecule has 0 fully saturated rings. The van der Waals surface area contributed by atoms with Gasteiger partial charge in [-0.25, -0.2) is 4.79 Å². The zero-order chi connectivity index (χ0) is 15.2. The molecular weight excluding hydrogens is 276 g/mol. The third kappa shape index (κ3) is 4.45. The lowest BCUT2D eigenvalue weighted by Crippen LogP contribution is -2.42. The van der Waals surface area contributed by atoms with Crippen LogP contribution in [0.15, 0.2) is 29.2 Å². The molecule has 2 amide bonds. The third-order valence-corrected chi connectivity index (χ3v) is 3.99. The normalized spacial score (nSPS) is 13.3. The van der Waals surface area contributed by atoms with Gasteiger partial charge < -0.3 is 15.7 Å². The first kappa shape index (κ1) is 16.4. The molecule has 0 saturated heterocycles. The number of thioether (sulfide) groups is 1. The van der Waals surface area contributed by atoms with E-state index >= 15 is 0 Å². The fraction of sp³-hybridized carbons (Fsp3) is 0.429. The summed E-state index contributed by atoms with van der Waals surface area (Å²) in [7, 11) is 0. The number of carboxylic acids is 1. The van der Waals surface area contributed by atoms with Gasteiger partial charge >= 0.3 is 12.0 Å². The maximum Gasteiger partial charge on any atom is 0.319 e. The second kappa shape index (κ2) is 7.19. The Balaban J connectivity index is 2.57. The highest BCUT2D eigenvalue weighted by molar-refractivity contribution is 7.98. The molecule has 1 unspecified atom stereocenters. The maximum absolute atomic E-state index is 11.8. The Labute approximate surface area is 123 Å². The number of aliphatic carboxylic acids is 1. The van der Waals surface area contributed by atoms with Gasteiger partial charge in [0, 0.05) is 17.1 Å². The van der Waals surface area contributed by atoms with Crippen LogP contribution in [0.2, 0.25) is 0 Å². The van der Waals surface area contributed by atoms with Crippen molar-refractivity contribution >= 4 is 29.4 Å². The lowest BCUT2D eigenvalue weighted by Gasteiger charge is -2.23. The highest BCUT2D eigenvalue weighted by Gasteiger charge is 2.31. The van der Waals surface area contributed by atoms with E-state index in [1.807, 2.05) is 24.5 Å². The standard InChI is InChI=1S/C14H20N2O3S/c1-4-14(2,12(17)18)9-15-13(19)16-10-6-5-7-11(8-10)20-3/h5-8H,4,9H2,1-3H3,(H,17,18)(H2,15,16,19). The van der Waals surface area contributed by atoms with E-state index in [4.69, 9.17) is 5.11 Å². The number of hydrogen-bond donors (Lipinski definition) is 3. The number of carbonyl (C=O) groups excluding carboxylic acids is 1. The van der Waals surface area contributed by atoms with Crippen LogP contribution >= 0.6 is 11.8 Å². The second-order valence-electron chi connectivity index (χ2n) is 4.76. The van der Waals surface area contributed by atoms with Gasteiger partial charge in [-0.1, -0.05) is 13.0 Å². The molecule has 1 aromatic rings. The molecule has 0 aromatic heterocycles. The molecule has 20 heavy (non-hydrogen) atoms. The summed E-state index contributed by atoms with van der Waals surface area (Å²) >= 11 is 1.59. The number of carbonyl (C=O) groups is 2. The molecule has 0 spiro atoms. The Kier molecular flexibility index (Phi) is 5.88. The molecular formula is C14H20N2O3S. The van der Waals surface area contributed by atoms with Crippen LogP contribution in [0.4, 0.5) is 10.5 Å². The van der Waals surface area contributed by atoms with Gasteiger partial charge in [-0.15, -0.1) is 11.8 Å². The zero-order valence-electron chi connectivity index (χ0n) is 11.9. The molecule has 1 atom stereocenters. The van der Waals surface area contributed by atoms with Gasteiger partial charge in [-0.05, 0) is 37.8 Å². The Morgan fingerprint density at radius 1 is 1.40 bits per heavy atom. The van der Waals surface area contributed by atoms with Crippen LogP contribution in [-0.2, 0) is 4.79 Å². The summed E-state index contributed by atoms with van der Waals surface area (Å²) in [6, 6.07) is 7.06. The average molecular weight is 296 g/mol. The molecule has 0 bridgehead atoms. The van der Waals surface area contributed by atoms with E-state index in [1.54, 1.807) is 31.7 Å². The van der Waals surface area contributed by atoms with E-state index in [0.717, 1.165) is 4.90 Å². The number of rotatable bonds is 6. The van der Waals surface area contributed by atoms with E-state index in [0.29, 0.717) is 12.1 Å². The van der Waals surface area contributed by atoms with Crippen molar-refractivity contribution in [1.29, 1.82) is 0 Å². The van der Waals surface area contributed by atoms with Crippen molar-refractivity contribution < 1.29 is 14.7 Å². The molecule has 0 aliphatic heterocycles. The Morgan fingerprint density at radius 3 is 2.65 bits per heavy atom. The third-order valence-electron chi connectivity index (χ3n) is 3.26. The minimum atomic E-state index is -0.946. The Hall–Kier alpha value is -1.69. The molecule has 0 heterocycles. The first-order valence-electron chi connectivity index (χ1n) is 6.33. The summed E-state index contributed by atoms with van der Waals surface area (Å²) in [6.45, 7) is 3.49. The van der Waals surface area contributed by atoms with Gasteiger partial charge in [0.1, 0.15) is 0 Å². The first-order chi connectivity index (χ1) is 9.41. The summed E-state index contributed by atoms with van der Waals surface area (Å²) in [5.74, 6) is -0.912. The van der Waals surface area contributed by atoms with E-state index in [1.165, 1.54) is 0 Å². The second-order valence-corrected chi connectivity index (χ2v) is 5.64. The topological polar surface area (TPSA) is 78.4 Å². The number of amides is 2. The van der Waals surface area contributed by atoms with E-state index < -0.39 is 17.4 Å². The van der Waals surface area contributed by atoms with Crippen LogP contribution in [0.25, 0.3) is 0 Å². The first-order valence-corrected chi connectivity index (χ1v) is 7.56. The number of benzene rings is 1. The molecule has 110 valence electrons. The van der Waals surface area contributed by atoms with E-state index in [-0.39, 0.29) is 6.54 Å². The predicted molar refractivity (Wildman–Crippen MR) is 81.3 cm³/mol.